The van der Waals surface area contributed by atoms with Gasteiger partial charge in [-0.2, -0.15) is 0 Å². The quantitative estimate of drug-likeness (QED) is 0.889. The van der Waals surface area contributed by atoms with Crippen LogP contribution in [0.2, 0.25) is 5.02 Å². The zero-order valence-corrected chi connectivity index (χ0v) is 11.6. The van der Waals surface area contributed by atoms with E-state index in [1.807, 2.05) is 27.7 Å². The first kappa shape index (κ1) is 14.6. The molecule has 0 saturated carbocycles. The molecule has 0 aliphatic rings. The molecule has 1 N–H and O–H groups in total. The molecule has 0 fully saturated rings. The summed E-state index contributed by atoms with van der Waals surface area (Å²) in [5, 5.41) is 9.49. The maximum Gasteiger partial charge on any atom is 0.339 e. The van der Waals surface area contributed by atoms with Crippen molar-refractivity contribution in [3.63, 3.8) is 0 Å². The number of aromatic carboxylic acids is 1. The van der Waals surface area contributed by atoms with Crippen LogP contribution in [-0.2, 0) is 0 Å². The Morgan fingerprint density at radius 1 is 1.11 bits per heavy atom. The first-order valence-corrected chi connectivity index (χ1v) is 6.09. The van der Waals surface area contributed by atoms with Crippen molar-refractivity contribution in [3.8, 4) is 11.5 Å². The third-order valence-electron chi connectivity index (χ3n) is 1.99. The Morgan fingerprint density at radius 2 is 1.61 bits per heavy atom. The second-order valence-corrected chi connectivity index (χ2v) is 4.82. The second kappa shape index (κ2) is 5.96. The third-order valence-corrected chi connectivity index (χ3v) is 2.29. The van der Waals surface area contributed by atoms with Crippen molar-refractivity contribution in [1.29, 1.82) is 0 Å². The molecule has 0 heterocycles. The predicted octanol–water partition coefficient (Wildman–Crippen LogP) is 3.61. The Kier molecular flexibility index (Phi) is 4.84. The molecule has 0 saturated heterocycles. The summed E-state index contributed by atoms with van der Waals surface area (Å²) in [4.78, 5) is 11.2. The number of halogens is 1. The van der Waals surface area contributed by atoms with Crippen LogP contribution in [0.5, 0.6) is 11.5 Å². The second-order valence-electron chi connectivity index (χ2n) is 4.42. The van der Waals surface area contributed by atoms with Crippen LogP contribution in [0, 0.1) is 0 Å². The highest BCUT2D eigenvalue weighted by Gasteiger charge is 2.17. The lowest BCUT2D eigenvalue weighted by molar-refractivity contribution is 0.0689. The van der Waals surface area contributed by atoms with Crippen LogP contribution in [0.3, 0.4) is 0 Å². The van der Waals surface area contributed by atoms with E-state index in [0.29, 0.717) is 10.8 Å². The van der Waals surface area contributed by atoms with Crippen LogP contribution >= 0.6 is 11.6 Å². The van der Waals surface area contributed by atoms with Gasteiger partial charge in [-0.3, -0.25) is 0 Å². The normalized spacial score (nSPS) is 10.8. The van der Waals surface area contributed by atoms with Gasteiger partial charge in [0.25, 0.3) is 0 Å². The molecule has 4 nitrogen and oxygen atoms in total. The predicted molar refractivity (Wildman–Crippen MR) is 69.9 cm³/mol. The highest BCUT2D eigenvalue weighted by molar-refractivity contribution is 6.32. The number of carboxylic acids is 1. The van der Waals surface area contributed by atoms with Crippen LogP contribution in [0.1, 0.15) is 38.1 Å². The maximum absolute atomic E-state index is 11.2. The molecule has 0 amide bonds. The lowest BCUT2D eigenvalue weighted by Gasteiger charge is -2.16. The number of benzene rings is 1. The van der Waals surface area contributed by atoms with Crippen LogP contribution in [0.15, 0.2) is 12.1 Å². The van der Waals surface area contributed by atoms with Crippen molar-refractivity contribution in [2.75, 3.05) is 0 Å². The fourth-order valence-corrected chi connectivity index (χ4v) is 1.60. The van der Waals surface area contributed by atoms with Crippen LogP contribution < -0.4 is 9.47 Å². The van der Waals surface area contributed by atoms with E-state index >= 15 is 0 Å². The maximum atomic E-state index is 11.2. The molecule has 0 aromatic heterocycles. The van der Waals surface area contributed by atoms with E-state index in [4.69, 9.17) is 26.2 Å². The molecule has 0 radical (unpaired) electrons. The Bertz CT molecular complexity index is 441. The molecule has 0 aliphatic carbocycles. The van der Waals surface area contributed by atoms with Crippen LogP contribution in [0.25, 0.3) is 0 Å². The number of hydrogen-bond donors (Lipinski definition) is 1. The van der Waals surface area contributed by atoms with Gasteiger partial charge in [-0.05, 0) is 33.8 Å². The molecule has 0 aliphatic heterocycles. The summed E-state index contributed by atoms with van der Waals surface area (Å²) in [6, 6.07) is 2.87. The standard InChI is InChI=1S/C13H17ClO4/c1-7(2)17-11-6-10(14)12(18-8(3)4)5-9(11)13(15)16/h5-8H,1-4H3,(H,15,16). The lowest BCUT2D eigenvalue weighted by Crippen LogP contribution is -2.11. The van der Waals surface area contributed by atoms with Gasteiger partial charge in [0.2, 0.25) is 0 Å². The minimum absolute atomic E-state index is 0.0451. The summed E-state index contributed by atoms with van der Waals surface area (Å²) >= 11 is 6.04. The minimum Gasteiger partial charge on any atom is -0.490 e. The summed E-state index contributed by atoms with van der Waals surface area (Å²) in [7, 11) is 0. The van der Waals surface area contributed by atoms with Crippen molar-refractivity contribution >= 4 is 17.6 Å². The molecule has 0 spiro atoms. The van der Waals surface area contributed by atoms with E-state index in [0.717, 1.165) is 0 Å². The van der Waals surface area contributed by atoms with Gasteiger partial charge in [0.15, 0.2) is 0 Å². The van der Waals surface area contributed by atoms with Gasteiger partial charge in [-0.1, -0.05) is 11.6 Å². The molecule has 18 heavy (non-hydrogen) atoms. The van der Waals surface area contributed by atoms with E-state index < -0.39 is 5.97 Å². The number of rotatable bonds is 5. The number of carbonyl (C=O) groups is 1. The summed E-state index contributed by atoms with van der Waals surface area (Å²) in [6.45, 7) is 7.32. The third kappa shape index (κ3) is 3.81. The molecule has 0 bridgehead atoms. The first-order chi connectivity index (χ1) is 8.31. The van der Waals surface area contributed by atoms with E-state index in [-0.39, 0.29) is 23.5 Å². The molecule has 5 heteroatoms. The summed E-state index contributed by atoms with van der Waals surface area (Å²) in [5.41, 5.74) is 0.0451. The van der Waals surface area contributed by atoms with Gasteiger partial charge in [0.1, 0.15) is 17.1 Å². The molecule has 1 aromatic carbocycles. The average molecular weight is 273 g/mol. The molecule has 1 rings (SSSR count). The summed E-state index contributed by atoms with van der Waals surface area (Å²) < 4.78 is 10.9. The smallest absolute Gasteiger partial charge is 0.339 e. The number of carboxylic acid groups (broad SMARTS) is 1. The van der Waals surface area contributed by atoms with Gasteiger partial charge in [0.05, 0.1) is 17.2 Å². The highest BCUT2D eigenvalue weighted by atomic mass is 35.5. The van der Waals surface area contributed by atoms with E-state index in [9.17, 15) is 4.79 Å². The van der Waals surface area contributed by atoms with Gasteiger partial charge in [-0.25, -0.2) is 4.79 Å². The topological polar surface area (TPSA) is 55.8 Å². The molecule has 0 unspecified atom stereocenters. The van der Waals surface area contributed by atoms with Gasteiger partial charge < -0.3 is 14.6 Å². The van der Waals surface area contributed by atoms with Crippen molar-refractivity contribution < 1.29 is 19.4 Å². The van der Waals surface area contributed by atoms with Gasteiger partial charge >= 0.3 is 5.97 Å². The zero-order chi connectivity index (χ0) is 13.9. The Balaban J connectivity index is 3.20. The van der Waals surface area contributed by atoms with Gasteiger partial charge in [-0.15, -0.1) is 0 Å². The number of ether oxygens (including phenoxy) is 2. The lowest BCUT2D eigenvalue weighted by atomic mass is 10.2. The van der Waals surface area contributed by atoms with Gasteiger partial charge in [0, 0.05) is 6.07 Å². The summed E-state index contributed by atoms with van der Waals surface area (Å²) in [6.07, 6.45) is -0.211. The average Bonchev–Trinajstić information content (AvgIpc) is 2.19. The minimum atomic E-state index is -1.07. The molecular weight excluding hydrogens is 256 g/mol. The van der Waals surface area contributed by atoms with Crippen LogP contribution in [-0.4, -0.2) is 23.3 Å². The Hall–Kier alpha value is -1.42. The Morgan fingerprint density at radius 3 is 2.06 bits per heavy atom. The molecule has 1 aromatic rings. The Labute approximate surface area is 111 Å². The fraction of sp³-hybridized carbons (Fsp3) is 0.462. The molecule has 0 atom stereocenters. The fourth-order valence-electron chi connectivity index (χ4n) is 1.40. The first-order valence-electron chi connectivity index (χ1n) is 5.71. The van der Waals surface area contributed by atoms with E-state index in [1.165, 1.54) is 12.1 Å². The highest BCUT2D eigenvalue weighted by Crippen LogP contribution is 2.33. The largest absolute Gasteiger partial charge is 0.490 e. The molecular formula is C13H17ClO4. The summed E-state index contributed by atoms with van der Waals surface area (Å²) in [5.74, 6) is -0.477. The SMILES string of the molecule is CC(C)Oc1cc(C(=O)O)c(OC(C)C)cc1Cl. The van der Waals surface area contributed by atoms with Crippen molar-refractivity contribution in [1.82, 2.24) is 0 Å². The van der Waals surface area contributed by atoms with Crippen LogP contribution in [0.4, 0.5) is 0 Å². The van der Waals surface area contributed by atoms with Crippen molar-refractivity contribution in [2.45, 2.75) is 39.9 Å². The van der Waals surface area contributed by atoms with E-state index in [2.05, 4.69) is 0 Å². The van der Waals surface area contributed by atoms with Crippen molar-refractivity contribution in [3.05, 3.63) is 22.7 Å². The van der Waals surface area contributed by atoms with E-state index in [1.54, 1.807) is 0 Å². The monoisotopic (exact) mass is 272 g/mol. The zero-order valence-electron chi connectivity index (χ0n) is 10.9. The molecule has 100 valence electrons. The number of hydrogen-bond acceptors (Lipinski definition) is 3. The van der Waals surface area contributed by atoms with Crippen molar-refractivity contribution in [2.24, 2.45) is 0 Å².